The molecule has 36 heavy (non-hydrogen) atoms. The van der Waals surface area contributed by atoms with Crippen molar-refractivity contribution in [3.63, 3.8) is 0 Å². The molecule has 1 N–H and O–H groups in total. The second kappa shape index (κ2) is 10.4. The van der Waals surface area contributed by atoms with Gasteiger partial charge in [0.25, 0.3) is 0 Å². The molecule has 0 saturated carbocycles. The Morgan fingerprint density at radius 3 is 2.11 bits per heavy atom. The quantitative estimate of drug-likeness (QED) is 0.291. The summed E-state index contributed by atoms with van der Waals surface area (Å²) in [4.78, 5) is 12.9. The molecule has 4 rings (SSSR count). The first-order chi connectivity index (χ1) is 17.4. The van der Waals surface area contributed by atoms with E-state index in [4.69, 9.17) is 23.4 Å². The van der Waals surface area contributed by atoms with Crippen LogP contribution in [0.15, 0.2) is 65.3 Å². The molecular formula is C28H26FNO6. The smallest absolute Gasteiger partial charge is 0.248 e. The lowest BCUT2D eigenvalue weighted by atomic mass is 9.99. The Morgan fingerprint density at radius 2 is 1.53 bits per heavy atom. The molecule has 0 aliphatic heterocycles. The number of benzene rings is 3. The minimum absolute atomic E-state index is 0.314. The van der Waals surface area contributed by atoms with E-state index in [1.54, 1.807) is 43.7 Å². The van der Waals surface area contributed by atoms with Gasteiger partial charge in [-0.15, -0.1) is 0 Å². The number of anilines is 1. The fourth-order valence-electron chi connectivity index (χ4n) is 3.99. The standard InChI is InChI=1S/C28H26FNO6/c1-16(10-27(31)30-19-11-25(33-3)28(35-5)26(12-19)34-4)20-13-21-22(17-6-8-18(29)9-7-17)15-36-24(21)14-23(20)32-2/h6-15H,1-5H3,(H,30,31)/b16-10+. The van der Waals surface area contributed by atoms with Crippen LogP contribution in [0, 0.1) is 5.82 Å². The van der Waals surface area contributed by atoms with E-state index in [1.807, 2.05) is 13.0 Å². The molecule has 8 heteroatoms. The van der Waals surface area contributed by atoms with Crippen molar-refractivity contribution in [3.05, 3.63) is 72.3 Å². The number of halogens is 1. The van der Waals surface area contributed by atoms with Crippen LogP contribution in [0.2, 0.25) is 0 Å². The number of amides is 1. The van der Waals surface area contributed by atoms with Crippen molar-refractivity contribution in [1.29, 1.82) is 0 Å². The largest absolute Gasteiger partial charge is 0.496 e. The average molecular weight is 492 g/mol. The van der Waals surface area contributed by atoms with E-state index < -0.39 is 0 Å². The van der Waals surface area contributed by atoms with E-state index in [0.29, 0.717) is 39.8 Å². The molecule has 0 unspecified atom stereocenters. The highest BCUT2D eigenvalue weighted by Crippen LogP contribution is 2.40. The Labute approximate surface area is 208 Å². The summed E-state index contributed by atoms with van der Waals surface area (Å²) in [5, 5.41) is 3.64. The number of allylic oxidation sites excluding steroid dienone is 1. The molecule has 1 amide bonds. The van der Waals surface area contributed by atoms with Gasteiger partial charge in [-0.2, -0.15) is 0 Å². The second-order valence-corrected chi connectivity index (χ2v) is 7.94. The molecule has 0 radical (unpaired) electrons. The Kier molecular flexibility index (Phi) is 7.15. The van der Waals surface area contributed by atoms with Crippen molar-refractivity contribution in [1.82, 2.24) is 0 Å². The van der Waals surface area contributed by atoms with Crippen LogP contribution in [0.3, 0.4) is 0 Å². The van der Waals surface area contributed by atoms with Gasteiger partial charge >= 0.3 is 0 Å². The summed E-state index contributed by atoms with van der Waals surface area (Å²) in [5.74, 6) is 1.17. The molecule has 0 fully saturated rings. The van der Waals surface area contributed by atoms with Gasteiger partial charge in [0.15, 0.2) is 11.5 Å². The third-order valence-corrected chi connectivity index (χ3v) is 5.76. The lowest BCUT2D eigenvalue weighted by Gasteiger charge is -2.14. The monoisotopic (exact) mass is 491 g/mol. The third-order valence-electron chi connectivity index (χ3n) is 5.76. The lowest BCUT2D eigenvalue weighted by molar-refractivity contribution is -0.111. The minimum atomic E-state index is -0.352. The number of carbonyl (C=O) groups excluding carboxylic acids is 1. The summed E-state index contributed by atoms with van der Waals surface area (Å²) in [7, 11) is 6.07. The average Bonchev–Trinajstić information content (AvgIpc) is 3.30. The molecule has 186 valence electrons. The van der Waals surface area contributed by atoms with Gasteiger partial charge in [-0.25, -0.2) is 4.39 Å². The fraction of sp³-hybridized carbons (Fsp3) is 0.179. The molecule has 0 bridgehead atoms. The van der Waals surface area contributed by atoms with Crippen LogP contribution in [-0.2, 0) is 4.79 Å². The Morgan fingerprint density at radius 1 is 0.889 bits per heavy atom. The van der Waals surface area contributed by atoms with Crippen LogP contribution < -0.4 is 24.3 Å². The van der Waals surface area contributed by atoms with Crippen molar-refractivity contribution in [2.45, 2.75) is 6.92 Å². The summed E-state index contributed by atoms with van der Waals surface area (Å²) < 4.78 is 40.7. The summed E-state index contributed by atoms with van der Waals surface area (Å²) >= 11 is 0. The third kappa shape index (κ3) is 4.84. The first-order valence-electron chi connectivity index (χ1n) is 11.0. The maximum atomic E-state index is 13.4. The number of hydrogen-bond donors (Lipinski definition) is 1. The lowest BCUT2D eigenvalue weighted by Crippen LogP contribution is -2.09. The van der Waals surface area contributed by atoms with E-state index in [2.05, 4.69) is 5.32 Å². The molecule has 0 atom stereocenters. The highest BCUT2D eigenvalue weighted by atomic mass is 19.1. The van der Waals surface area contributed by atoms with Gasteiger partial charge in [0.1, 0.15) is 17.1 Å². The SMILES string of the molecule is COc1cc2occ(-c3ccc(F)cc3)c2cc1/C(C)=C/C(=O)Nc1cc(OC)c(OC)c(OC)c1. The van der Waals surface area contributed by atoms with Gasteiger partial charge in [-0.1, -0.05) is 12.1 Å². The summed E-state index contributed by atoms with van der Waals surface area (Å²) in [5.41, 5.74) is 4.11. The van der Waals surface area contributed by atoms with Crippen molar-refractivity contribution < 1.29 is 32.5 Å². The molecule has 1 aromatic heterocycles. The van der Waals surface area contributed by atoms with E-state index in [9.17, 15) is 9.18 Å². The van der Waals surface area contributed by atoms with Gasteiger partial charge in [-0.3, -0.25) is 4.79 Å². The number of rotatable bonds is 8. The van der Waals surface area contributed by atoms with Crippen LogP contribution in [0.25, 0.3) is 27.7 Å². The number of fused-ring (bicyclic) bond motifs is 1. The first kappa shape index (κ1) is 24.7. The van der Waals surface area contributed by atoms with Crippen LogP contribution in [0.5, 0.6) is 23.0 Å². The molecule has 0 saturated heterocycles. The highest BCUT2D eigenvalue weighted by molar-refractivity contribution is 6.05. The summed E-state index contributed by atoms with van der Waals surface area (Å²) in [6.07, 6.45) is 3.10. The molecule has 3 aromatic carbocycles. The topological polar surface area (TPSA) is 79.2 Å². The Balaban J connectivity index is 1.68. The Bertz CT molecular complexity index is 1410. The maximum absolute atomic E-state index is 13.4. The second-order valence-electron chi connectivity index (χ2n) is 7.94. The predicted octanol–water partition coefficient (Wildman–Crippen LogP) is 6.32. The number of carbonyl (C=O) groups is 1. The van der Waals surface area contributed by atoms with E-state index in [-0.39, 0.29) is 11.7 Å². The van der Waals surface area contributed by atoms with Crippen molar-refractivity contribution in [2.75, 3.05) is 33.8 Å². The predicted molar refractivity (Wildman–Crippen MR) is 137 cm³/mol. The van der Waals surface area contributed by atoms with Crippen molar-refractivity contribution in [2.24, 2.45) is 0 Å². The number of ether oxygens (including phenoxy) is 4. The van der Waals surface area contributed by atoms with Gasteiger partial charge in [0.2, 0.25) is 11.7 Å². The van der Waals surface area contributed by atoms with Crippen molar-refractivity contribution in [3.8, 4) is 34.1 Å². The van der Waals surface area contributed by atoms with E-state index in [0.717, 1.165) is 22.1 Å². The van der Waals surface area contributed by atoms with E-state index in [1.165, 1.54) is 39.5 Å². The van der Waals surface area contributed by atoms with E-state index >= 15 is 0 Å². The first-order valence-corrected chi connectivity index (χ1v) is 11.0. The van der Waals surface area contributed by atoms with Gasteiger partial charge in [0, 0.05) is 46.5 Å². The van der Waals surface area contributed by atoms with Crippen LogP contribution in [0.1, 0.15) is 12.5 Å². The number of nitrogens with one attached hydrogen (secondary N) is 1. The fourth-order valence-corrected chi connectivity index (χ4v) is 3.99. The molecule has 0 spiro atoms. The molecule has 4 aromatic rings. The molecular weight excluding hydrogens is 465 g/mol. The molecule has 7 nitrogen and oxygen atoms in total. The van der Waals surface area contributed by atoms with Gasteiger partial charge < -0.3 is 28.7 Å². The maximum Gasteiger partial charge on any atom is 0.248 e. The zero-order valence-electron chi connectivity index (χ0n) is 20.6. The number of furan rings is 1. The highest BCUT2D eigenvalue weighted by Gasteiger charge is 2.17. The summed E-state index contributed by atoms with van der Waals surface area (Å²) in [6, 6.07) is 13.1. The summed E-state index contributed by atoms with van der Waals surface area (Å²) in [6.45, 7) is 1.82. The molecule has 1 heterocycles. The zero-order valence-corrected chi connectivity index (χ0v) is 20.6. The van der Waals surface area contributed by atoms with Crippen LogP contribution in [0.4, 0.5) is 10.1 Å². The minimum Gasteiger partial charge on any atom is -0.496 e. The van der Waals surface area contributed by atoms with Crippen LogP contribution >= 0.6 is 0 Å². The number of hydrogen-bond acceptors (Lipinski definition) is 6. The van der Waals surface area contributed by atoms with Gasteiger partial charge in [0.05, 0.1) is 34.7 Å². The van der Waals surface area contributed by atoms with Gasteiger partial charge in [-0.05, 0) is 36.3 Å². The number of methoxy groups -OCH3 is 4. The normalized spacial score (nSPS) is 11.3. The Hall–Kier alpha value is -4.46. The van der Waals surface area contributed by atoms with Crippen molar-refractivity contribution >= 4 is 28.1 Å². The van der Waals surface area contributed by atoms with Crippen LogP contribution in [-0.4, -0.2) is 34.3 Å². The zero-order chi connectivity index (χ0) is 25.8. The molecule has 0 aliphatic rings. The molecule has 0 aliphatic carbocycles.